The Hall–Kier alpha value is -3.34. The summed E-state index contributed by atoms with van der Waals surface area (Å²) in [6.45, 7) is 6.41. The number of rotatable bonds is 6. The van der Waals surface area contributed by atoms with E-state index < -0.39 is 0 Å². The normalized spacial score (nSPS) is 18.6. The van der Waals surface area contributed by atoms with Crippen molar-refractivity contribution in [3.63, 3.8) is 0 Å². The molecule has 32 heavy (non-hydrogen) atoms. The van der Waals surface area contributed by atoms with Gasteiger partial charge < -0.3 is 20.9 Å². The fraction of sp³-hybridized carbons (Fsp3) is 0.476. The van der Waals surface area contributed by atoms with E-state index in [1.54, 1.807) is 32.4 Å². The molecule has 0 aromatic carbocycles. The molecule has 2 aliphatic rings. The molecule has 1 aliphatic carbocycles. The Kier molecular flexibility index (Phi) is 5.33. The highest BCUT2D eigenvalue weighted by Gasteiger charge is 2.28. The van der Waals surface area contributed by atoms with Crippen LogP contribution in [0.3, 0.4) is 0 Å². The summed E-state index contributed by atoms with van der Waals surface area (Å²) in [5.74, 6) is 2.20. The van der Waals surface area contributed by atoms with Gasteiger partial charge in [-0.3, -0.25) is 0 Å². The number of aryl methyl sites for hydroxylation is 2. The number of anilines is 5. The van der Waals surface area contributed by atoms with Crippen molar-refractivity contribution in [2.75, 3.05) is 35.2 Å². The van der Waals surface area contributed by atoms with Crippen LogP contribution in [-0.4, -0.2) is 55.6 Å². The summed E-state index contributed by atoms with van der Waals surface area (Å²) in [5.41, 5.74) is 1.97. The molecule has 3 aromatic heterocycles. The number of hydrogen-bond acceptors (Lipinski definition) is 9. The summed E-state index contributed by atoms with van der Waals surface area (Å²) >= 11 is 0. The molecule has 2 fully saturated rings. The van der Waals surface area contributed by atoms with Gasteiger partial charge in [0.25, 0.3) is 0 Å². The second kappa shape index (κ2) is 8.30. The van der Waals surface area contributed by atoms with Gasteiger partial charge in [0.1, 0.15) is 11.6 Å². The van der Waals surface area contributed by atoms with Crippen molar-refractivity contribution in [3.05, 3.63) is 35.5 Å². The third kappa shape index (κ3) is 4.33. The van der Waals surface area contributed by atoms with Gasteiger partial charge >= 0.3 is 0 Å². The highest BCUT2D eigenvalue weighted by Crippen LogP contribution is 2.42. The van der Waals surface area contributed by atoms with Crippen molar-refractivity contribution >= 4 is 29.1 Å². The zero-order valence-electron chi connectivity index (χ0n) is 18.4. The topological polar surface area (TPSA) is 109 Å². The molecule has 168 valence electrons. The first kappa shape index (κ1) is 20.6. The van der Waals surface area contributed by atoms with Crippen molar-refractivity contribution in [2.24, 2.45) is 7.05 Å². The maximum atomic E-state index is 14.5. The number of nitrogens with zero attached hydrogens (tertiary/aromatic N) is 7. The molecule has 3 aromatic rings. The second-order valence-corrected chi connectivity index (χ2v) is 8.47. The van der Waals surface area contributed by atoms with Gasteiger partial charge in [-0.1, -0.05) is 0 Å². The minimum absolute atomic E-state index is 0.216. The predicted octanol–water partition coefficient (Wildman–Crippen LogP) is 2.61. The Morgan fingerprint density at radius 3 is 2.72 bits per heavy atom. The maximum absolute atomic E-state index is 14.5. The lowest BCUT2D eigenvalue weighted by atomic mass is 10.1. The summed E-state index contributed by atoms with van der Waals surface area (Å²) in [7, 11) is 1.76. The highest BCUT2D eigenvalue weighted by atomic mass is 19.1. The fourth-order valence-electron chi connectivity index (χ4n) is 3.99. The first-order valence-corrected chi connectivity index (χ1v) is 10.9. The number of halogens is 1. The summed E-state index contributed by atoms with van der Waals surface area (Å²) in [6, 6.07) is 2.13. The van der Waals surface area contributed by atoms with Crippen LogP contribution in [0.15, 0.2) is 18.5 Å². The molecule has 1 saturated heterocycles. The number of nitrogens with one attached hydrogen (secondary N) is 3. The van der Waals surface area contributed by atoms with Crippen LogP contribution in [0.1, 0.15) is 36.9 Å². The third-order valence-electron chi connectivity index (χ3n) is 5.73. The number of aromatic nitrogens is 6. The van der Waals surface area contributed by atoms with E-state index in [4.69, 9.17) is 4.98 Å². The van der Waals surface area contributed by atoms with E-state index in [9.17, 15) is 4.39 Å². The van der Waals surface area contributed by atoms with Gasteiger partial charge in [-0.25, -0.2) is 14.4 Å². The van der Waals surface area contributed by atoms with Crippen LogP contribution in [0.5, 0.6) is 0 Å². The average Bonchev–Trinajstić information content (AvgIpc) is 3.52. The Morgan fingerprint density at radius 2 is 2.00 bits per heavy atom. The lowest BCUT2D eigenvalue weighted by Gasteiger charge is -2.34. The molecule has 0 unspecified atom stereocenters. The summed E-state index contributed by atoms with van der Waals surface area (Å²) in [6.07, 6.45) is 5.47. The van der Waals surface area contributed by atoms with Gasteiger partial charge in [0, 0.05) is 32.7 Å². The summed E-state index contributed by atoms with van der Waals surface area (Å²) < 4.78 is 14.5. The van der Waals surface area contributed by atoms with Gasteiger partial charge in [-0.05, 0) is 44.2 Å². The van der Waals surface area contributed by atoms with Crippen molar-refractivity contribution < 1.29 is 4.39 Å². The molecular weight excluding hydrogens is 411 g/mol. The van der Waals surface area contributed by atoms with Gasteiger partial charge in [0.15, 0.2) is 11.6 Å². The summed E-state index contributed by atoms with van der Waals surface area (Å²) in [4.78, 5) is 17.3. The minimum atomic E-state index is -0.216. The molecule has 0 amide bonds. The molecule has 4 heterocycles. The molecule has 0 bridgehead atoms. The van der Waals surface area contributed by atoms with Gasteiger partial charge in [0.05, 0.1) is 23.8 Å². The number of pyridine rings is 1. The third-order valence-corrected chi connectivity index (χ3v) is 5.73. The van der Waals surface area contributed by atoms with Crippen molar-refractivity contribution in [2.45, 2.75) is 38.6 Å². The van der Waals surface area contributed by atoms with Crippen molar-refractivity contribution in [1.82, 2.24) is 35.3 Å². The van der Waals surface area contributed by atoms with E-state index >= 15 is 0 Å². The molecule has 5 rings (SSSR count). The van der Waals surface area contributed by atoms with E-state index in [1.807, 2.05) is 0 Å². The number of piperazine rings is 1. The summed E-state index contributed by atoms with van der Waals surface area (Å²) in [5, 5.41) is 18.3. The van der Waals surface area contributed by atoms with Crippen LogP contribution in [-0.2, 0) is 7.05 Å². The molecule has 1 atom stereocenters. The Bertz CT molecular complexity index is 1130. The van der Waals surface area contributed by atoms with E-state index in [0.717, 1.165) is 38.2 Å². The highest BCUT2D eigenvalue weighted by molar-refractivity contribution is 5.71. The first-order valence-electron chi connectivity index (χ1n) is 10.9. The van der Waals surface area contributed by atoms with E-state index in [-0.39, 0.29) is 11.7 Å². The van der Waals surface area contributed by atoms with Gasteiger partial charge in [0.2, 0.25) is 5.95 Å². The number of hydrogen-bond donors (Lipinski definition) is 3. The molecule has 11 heteroatoms. The second-order valence-electron chi connectivity index (χ2n) is 8.47. The van der Waals surface area contributed by atoms with Crippen LogP contribution in [0, 0.1) is 12.7 Å². The maximum Gasteiger partial charge on any atom is 0.230 e. The average molecular weight is 439 g/mol. The quantitative estimate of drug-likeness (QED) is 0.535. The molecule has 3 N–H and O–H groups in total. The molecule has 0 radical (unpaired) electrons. The molecular formula is C21H27FN10. The van der Waals surface area contributed by atoms with E-state index in [2.05, 4.69) is 47.9 Å². The first-order chi connectivity index (χ1) is 15.5. The van der Waals surface area contributed by atoms with Gasteiger partial charge in [-0.15, -0.1) is 5.10 Å². The molecule has 1 saturated carbocycles. The van der Waals surface area contributed by atoms with Crippen LogP contribution in [0.2, 0.25) is 0 Å². The monoisotopic (exact) mass is 438 g/mol. The van der Waals surface area contributed by atoms with Crippen LogP contribution in [0.4, 0.5) is 33.5 Å². The van der Waals surface area contributed by atoms with E-state index in [0.29, 0.717) is 40.7 Å². The zero-order valence-corrected chi connectivity index (χ0v) is 18.4. The molecule has 0 spiro atoms. The standard InChI is InChI=1S/C21H27FN10/c1-12-11-32(7-6-23-12)16-9-24-21(29-20(16)27-18-10-25-31(3)30-18)28-17-8-15(14-4-5-14)19(22)13(2)26-17/h8-10,12,14,23H,4-7,11H2,1-3H3,(H2,24,26,27,28,29,30)/t12-/m1/s1. The smallest absolute Gasteiger partial charge is 0.230 e. The minimum Gasteiger partial charge on any atom is -0.364 e. The molecule has 10 nitrogen and oxygen atoms in total. The fourth-order valence-corrected chi connectivity index (χ4v) is 3.99. The Labute approximate surface area is 185 Å². The SMILES string of the molecule is Cc1nc(Nc2ncc(N3CCN[C@H](C)C3)c(Nc3cnn(C)n3)n2)cc(C2CC2)c1F. The largest absolute Gasteiger partial charge is 0.364 e. The molecule has 1 aliphatic heterocycles. The van der Waals surface area contributed by atoms with Crippen LogP contribution >= 0.6 is 0 Å². The van der Waals surface area contributed by atoms with Crippen molar-refractivity contribution in [1.29, 1.82) is 0 Å². The predicted molar refractivity (Wildman–Crippen MR) is 120 cm³/mol. The van der Waals surface area contributed by atoms with Crippen molar-refractivity contribution in [3.8, 4) is 0 Å². The van der Waals surface area contributed by atoms with Crippen LogP contribution in [0.25, 0.3) is 0 Å². The zero-order chi connectivity index (χ0) is 22.2. The lowest BCUT2D eigenvalue weighted by Crippen LogP contribution is -2.49. The Balaban J connectivity index is 1.46. The van der Waals surface area contributed by atoms with Crippen LogP contribution < -0.4 is 20.9 Å². The van der Waals surface area contributed by atoms with E-state index in [1.165, 1.54) is 4.80 Å². The lowest BCUT2D eigenvalue weighted by molar-refractivity contribution is 0.484. The van der Waals surface area contributed by atoms with Gasteiger partial charge in [-0.2, -0.15) is 14.9 Å². The Morgan fingerprint density at radius 1 is 1.16 bits per heavy atom.